The Bertz CT molecular complexity index is 381. The van der Waals surface area contributed by atoms with E-state index in [9.17, 15) is 5.21 Å². The molecule has 0 aliphatic carbocycles. The zero-order valence-electron chi connectivity index (χ0n) is 7.23. The van der Waals surface area contributed by atoms with Crippen LogP contribution in [0, 0.1) is 0 Å². The Morgan fingerprint density at radius 3 is 2.54 bits per heavy atom. The van der Waals surface area contributed by atoms with E-state index in [0.29, 0.717) is 11.3 Å². The molecule has 0 spiro atoms. The SMILES string of the molecule is CCN=c1c(N)nc(N)c(N)n1O. The average Bonchev–Trinajstić information content (AvgIpc) is 2.09. The van der Waals surface area contributed by atoms with Crippen molar-refractivity contribution in [3.63, 3.8) is 0 Å². The zero-order valence-corrected chi connectivity index (χ0v) is 7.23. The molecular formula is C6H12N6O. The van der Waals surface area contributed by atoms with Gasteiger partial charge in [-0.25, -0.2) is 4.98 Å². The molecule has 0 unspecified atom stereocenters. The van der Waals surface area contributed by atoms with Gasteiger partial charge >= 0.3 is 0 Å². The van der Waals surface area contributed by atoms with Crippen molar-refractivity contribution in [3.8, 4) is 0 Å². The van der Waals surface area contributed by atoms with Crippen molar-refractivity contribution in [2.24, 2.45) is 4.99 Å². The molecule has 0 aliphatic rings. The molecule has 0 bridgehead atoms. The first-order chi connectivity index (χ1) is 6.07. The summed E-state index contributed by atoms with van der Waals surface area (Å²) in [7, 11) is 0. The van der Waals surface area contributed by atoms with Crippen LogP contribution in [0.15, 0.2) is 4.99 Å². The van der Waals surface area contributed by atoms with E-state index in [1.54, 1.807) is 6.92 Å². The minimum absolute atomic E-state index is 0.0185. The fourth-order valence-electron chi connectivity index (χ4n) is 0.866. The lowest BCUT2D eigenvalue weighted by atomic mass is 10.5. The van der Waals surface area contributed by atoms with Crippen LogP contribution in [0.3, 0.4) is 0 Å². The highest BCUT2D eigenvalue weighted by atomic mass is 16.5. The molecule has 0 radical (unpaired) electrons. The molecule has 0 fully saturated rings. The molecule has 0 aromatic carbocycles. The number of anilines is 3. The molecule has 0 saturated heterocycles. The monoisotopic (exact) mass is 184 g/mol. The van der Waals surface area contributed by atoms with E-state index >= 15 is 0 Å². The molecule has 1 heterocycles. The molecule has 7 heteroatoms. The third kappa shape index (κ3) is 1.48. The van der Waals surface area contributed by atoms with Crippen LogP contribution in [-0.4, -0.2) is 21.5 Å². The van der Waals surface area contributed by atoms with Gasteiger partial charge in [0.1, 0.15) is 0 Å². The summed E-state index contributed by atoms with van der Waals surface area (Å²) in [6, 6.07) is 0. The first-order valence-corrected chi connectivity index (χ1v) is 3.71. The third-order valence-corrected chi connectivity index (χ3v) is 1.47. The van der Waals surface area contributed by atoms with E-state index in [-0.39, 0.29) is 22.9 Å². The van der Waals surface area contributed by atoms with Gasteiger partial charge in [-0.15, -0.1) is 4.73 Å². The van der Waals surface area contributed by atoms with Gasteiger partial charge < -0.3 is 22.4 Å². The first-order valence-electron chi connectivity index (χ1n) is 3.71. The molecule has 0 amide bonds. The second-order valence-electron chi connectivity index (χ2n) is 2.38. The smallest absolute Gasteiger partial charge is 0.208 e. The third-order valence-electron chi connectivity index (χ3n) is 1.47. The summed E-state index contributed by atoms with van der Waals surface area (Å²) < 4.78 is 0.626. The molecule has 0 saturated carbocycles. The van der Waals surface area contributed by atoms with Crippen molar-refractivity contribution in [1.29, 1.82) is 0 Å². The van der Waals surface area contributed by atoms with E-state index in [4.69, 9.17) is 17.2 Å². The summed E-state index contributed by atoms with van der Waals surface area (Å²) in [5.41, 5.74) is 16.3. The zero-order chi connectivity index (χ0) is 10.0. The molecule has 72 valence electrons. The van der Waals surface area contributed by atoms with Crippen molar-refractivity contribution in [2.45, 2.75) is 6.92 Å². The number of nitrogens with two attached hydrogens (primary N) is 3. The molecule has 7 nitrogen and oxygen atoms in total. The Morgan fingerprint density at radius 2 is 2.00 bits per heavy atom. The quantitative estimate of drug-likeness (QED) is 0.407. The first kappa shape index (κ1) is 9.17. The van der Waals surface area contributed by atoms with E-state index < -0.39 is 0 Å². The van der Waals surface area contributed by atoms with Crippen LogP contribution in [0.4, 0.5) is 17.5 Å². The average molecular weight is 184 g/mol. The van der Waals surface area contributed by atoms with Crippen LogP contribution in [0.5, 0.6) is 0 Å². The van der Waals surface area contributed by atoms with Crippen LogP contribution < -0.4 is 22.7 Å². The highest BCUT2D eigenvalue weighted by Crippen LogP contribution is 2.07. The summed E-state index contributed by atoms with van der Waals surface area (Å²) >= 11 is 0. The van der Waals surface area contributed by atoms with Gasteiger partial charge in [-0.2, -0.15) is 0 Å². The fourth-order valence-corrected chi connectivity index (χ4v) is 0.866. The summed E-state index contributed by atoms with van der Waals surface area (Å²) in [6.07, 6.45) is 0. The fraction of sp³-hybridized carbons (Fsp3) is 0.333. The van der Waals surface area contributed by atoms with Gasteiger partial charge in [-0.3, -0.25) is 4.99 Å². The molecular weight excluding hydrogens is 172 g/mol. The molecule has 1 rings (SSSR count). The van der Waals surface area contributed by atoms with Crippen molar-refractivity contribution < 1.29 is 5.21 Å². The van der Waals surface area contributed by atoms with Crippen molar-refractivity contribution in [1.82, 2.24) is 9.71 Å². The molecule has 7 N–H and O–H groups in total. The largest absolute Gasteiger partial charge is 0.425 e. The Morgan fingerprint density at radius 1 is 1.38 bits per heavy atom. The Kier molecular flexibility index (Phi) is 2.27. The minimum Gasteiger partial charge on any atom is -0.425 e. The number of nitrogens with zero attached hydrogens (tertiary/aromatic N) is 3. The van der Waals surface area contributed by atoms with Crippen molar-refractivity contribution >= 4 is 17.5 Å². The van der Waals surface area contributed by atoms with Crippen LogP contribution in [0.1, 0.15) is 6.92 Å². The van der Waals surface area contributed by atoms with E-state index in [0.717, 1.165) is 0 Å². The van der Waals surface area contributed by atoms with Gasteiger partial charge in [-0.1, -0.05) is 0 Å². The van der Waals surface area contributed by atoms with Gasteiger partial charge in [0.05, 0.1) is 0 Å². The highest BCUT2D eigenvalue weighted by molar-refractivity contribution is 5.55. The molecule has 0 atom stereocenters. The summed E-state index contributed by atoms with van der Waals surface area (Å²) in [5, 5.41) is 9.39. The van der Waals surface area contributed by atoms with E-state index in [1.165, 1.54) is 0 Å². The van der Waals surface area contributed by atoms with Gasteiger partial charge in [0.15, 0.2) is 17.5 Å². The summed E-state index contributed by atoms with van der Waals surface area (Å²) in [5.74, 6) is -0.0347. The number of aromatic nitrogens is 2. The maximum Gasteiger partial charge on any atom is 0.208 e. The van der Waals surface area contributed by atoms with Crippen LogP contribution in [0.25, 0.3) is 0 Å². The molecule has 13 heavy (non-hydrogen) atoms. The normalized spacial score (nSPS) is 11.9. The van der Waals surface area contributed by atoms with Gasteiger partial charge in [-0.05, 0) is 6.92 Å². The molecule has 1 aromatic rings. The predicted molar refractivity (Wildman–Crippen MR) is 48.8 cm³/mol. The number of rotatable bonds is 1. The van der Waals surface area contributed by atoms with Crippen LogP contribution in [-0.2, 0) is 0 Å². The highest BCUT2D eigenvalue weighted by Gasteiger charge is 2.06. The number of nitrogen functional groups attached to an aromatic ring is 3. The van der Waals surface area contributed by atoms with Gasteiger partial charge in [0, 0.05) is 6.54 Å². The summed E-state index contributed by atoms with van der Waals surface area (Å²) in [6.45, 7) is 2.27. The predicted octanol–water partition coefficient (Wildman–Crippen LogP) is -1.21. The summed E-state index contributed by atoms with van der Waals surface area (Å²) in [4.78, 5) is 7.61. The van der Waals surface area contributed by atoms with Crippen molar-refractivity contribution in [3.05, 3.63) is 5.49 Å². The van der Waals surface area contributed by atoms with E-state index in [2.05, 4.69) is 9.98 Å². The standard InChI is InChI=1S/C6H12N6O/c1-2-10-6-4(8)11-3(7)5(9)12(6)13/h13H,2,7,9H2,1H3,(H2,8,11). The van der Waals surface area contributed by atoms with Crippen molar-refractivity contribution in [2.75, 3.05) is 23.7 Å². The molecule has 1 aromatic heterocycles. The van der Waals surface area contributed by atoms with Crippen LogP contribution >= 0.6 is 0 Å². The number of hydrogen-bond donors (Lipinski definition) is 4. The van der Waals surface area contributed by atoms with Crippen LogP contribution in [0.2, 0.25) is 0 Å². The Balaban J connectivity index is 3.54. The molecule has 0 aliphatic heterocycles. The Hall–Kier alpha value is -1.92. The van der Waals surface area contributed by atoms with E-state index in [1.807, 2.05) is 0 Å². The second-order valence-corrected chi connectivity index (χ2v) is 2.38. The van der Waals surface area contributed by atoms with Gasteiger partial charge in [0.2, 0.25) is 5.49 Å². The minimum atomic E-state index is -0.0681. The lowest BCUT2D eigenvalue weighted by Crippen LogP contribution is -2.28. The lowest BCUT2D eigenvalue weighted by Gasteiger charge is -2.06. The maximum absolute atomic E-state index is 9.39. The van der Waals surface area contributed by atoms with Gasteiger partial charge in [0.25, 0.3) is 0 Å². The number of hydrogen-bond acceptors (Lipinski definition) is 6. The lowest BCUT2D eigenvalue weighted by molar-refractivity contribution is 0.178. The Labute approximate surface area is 74.5 Å². The second kappa shape index (κ2) is 3.21. The maximum atomic E-state index is 9.39. The topological polar surface area (TPSA) is 128 Å².